The molecule has 0 atom stereocenters. The van der Waals surface area contributed by atoms with Gasteiger partial charge in [-0.3, -0.25) is 4.98 Å². The third-order valence-electron chi connectivity index (χ3n) is 3.83. The van der Waals surface area contributed by atoms with Crippen molar-refractivity contribution in [3.05, 3.63) is 65.5 Å². The highest BCUT2D eigenvalue weighted by Gasteiger charge is 2.14. The SMILES string of the molecule is COc1ccc2c(c1)CCC/C2=C/Cc1ccccn1. The first-order valence-electron chi connectivity index (χ1n) is 7.13. The molecule has 0 aliphatic heterocycles. The molecule has 3 rings (SSSR count). The van der Waals surface area contributed by atoms with Crippen molar-refractivity contribution in [2.24, 2.45) is 0 Å². The number of aryl methyl sites for hydroxylation is 1. The van der Waals surface area contributed by atoms with Crippen molar-refractivity contribution in [1.29, 1.82) is 0 Å². The van der Waals surface area contributed by atoms with Crippen molar-refractivity contribution in [3.63, 3.8) is 0 Å². The summed E-state index contributed by atoms with van der Waals surface area (Å²) in [5.74, 6) is 0.953. The van der Waals surface area contributed by atoms with Gasteiger partial charge in [-0.25, -0.2) is 0 Å². The van der Waals surface area contributed by atoms with E-state index in [-0.39, 0.29) is 0 Å². The number of nitrogens with zero attached hydrogens (tertiary/aromatic N) is 1. The van der Waals surface area contributed by atoms with E-state index in [0.717, 1.165) is 30.7 Å². The minimum Gasteiger partial charge on any atom is -0.497 e. The Bertz CT molecular complexity index is 617. The van der Waals surface area contributed by atoms with Gasteiger partial charge in [0.1, 0.15) is 5.75 Å². The molecule has 0 fully saturated rings. The molecule has 0 spiro atoms. The van der Waals surface area contributed by atoms with Gasteiger partial charge in [0.25, 0.3) is 0 Å². The zero-order valence-corrected chi connectivity index (χ0v) is 11.8. The molecule has 0 unspecified atom stereocenters. The number of methoxy groups -OCH3 is 1. The molecule has 2 aromatic rings. The van der Waals surface area contributed by atoms with E-state index in [1.165, 1.54) is 23.1 Å². The number of allylic oxidation sites excluding steroid dienone is 2. The van der Waals surface area contributed by atoms with Gasteiger partial charge in [-0.05, 0) is 60.2 Å². The van der Waals surface area contributed by atoms with Crippen molar-refractivity contribution < 1.29 is 4.74 Å². The van der Waals surface area contributed by atoms with Gasteiger partial charge in [0.15, 0.2) is 0 Å². The molecule has 20 heavy (non-hydrogen) atoms. The van der Waals surface area contributed by atoms with Crippen LogP contribution in [0.15, 0.2) is 48.7 Å². The quantitative estimate of drug-likeness (QED) is 0.835. The molecule has 1 aliphatic rings. The van der Waals surface area contributed by atoms with Gasteiger partial charge in [0.2, 0.25) is 0 Å². The third-order valence-corrected chi connectivity index (χ3v) is 3.83. The van der Waals surface area contributed by atoms with Crippen LogP contribution in [0.2, 0.25) is 0 Å². The average Bonchev–Trinajstić information content (AvgIpc) is 2.53. The van der Waals surface area contributed by atoms with Crippen LogP contribution in [0.1, 0.15) is 29.7 Å². The number of hydrogen-bond acceptors (Lipinski definition) is 2. The van der Waals surface area contributed by atoms with Crippen LogP contribution in [0.5, 0.6) is 5.75 Å². The standard InChI is InChI=1S/C18H19NO/c1-20-17-10-11-18-14(5-4-6-15(18)13-17)8-9-16-7-2-3-12-19-16/h2-3,7-8,10-13H,4-6,9H2,1H3/b14-8-. The van der Waals surface area contributed by atoms with Crippen molar-refractivity contribution >= 4 is 5.57 Å². The Balaban J connectivity index is 1.86. The van der Waals surface area contributed by atoms with Crippen molar-refractivity contribution in [2.45, 2.75) is 25.7 Å². The highest BCUT2D eigenvalue weighted by atomic mass is 16.5. The third kappa shape index (κ3) is 2.74. The van der Waals surface area contributed by atoms with E-state index in [1.807, 2.05) is 18.3 Å². The number of benzene rings is 1. The summed E-state index contributed by atoms with van der Waals surface area (Å²) in [6, 6.07) is 12.5. The normalized spacial score (nSPS) is 15.9. The summed E-state index contributed by atoms with van der Waals surface area (Å²) in [6.45, 7) is 0. The molecule has 1 aromatic heterocycles. The number of hydrogen-bond donors (Lipinski definition) is 0. The summed E-state index contributed by atoms with van der Waals surface area (Å²) in [5.41, 5.74) is 5.36. The molecule has 102 valence electrons. The predicted octanol–water partition coefficient (Wildman–Crippen LogP) is 4.05. The van der Waals surface area contributed by atoms with Gasteiger partial charge in [-0.15, -0.1) is 0 Å². The van der Waals surface area contributed by atoms with Crippen LogP contribution in [-0.2, 0) is 12.8 Å². The molecule has 1 heterocycles. The topological polar surface area (TPSA) is 22.1 Å². The summed E-state index contributed by atoms with van der Waals surface area (Å²) >= 11 is 0. The number of rotatable bonds is 3. The highest BCUT2D eigenvalue weighted by molar-refractivity contribution is 5.70. The zero-order chi connectivity index (χ0) is 13.8. The molecule has 0 amide bonds. The van der Waals surface area contributed by atoms with E-state index in [2.05, 4.69) is 35.3 Å². The fourth-order valence-electron chi connectivity index (χ4n) is 2.78. The summed E-state index contributed by atoms with van der Waals surface area (Å²) in [6.07, 6.45) is 8.61. The largest absolute Gasteiger partial charge is 0.497 e. The molecule has 0 saturated heterocycles. The Labute approximate surface area is 120 Å². The maximum absolute atomic E-state index is 5.32. The summed E-state index contributed by atoms with van der Waals surface area (Å²) < 4.78 is 5.32. The lowest BCUT2D eigenvalue weighted by Gasteiger charge is -2.20. The number of ether oxygens (including phenoxy) is 1. The number of pyridine rings is 1. The number of fused-ring (bicyclic) bond motifs is 1. The van der Waals surface area contributed by atoms with Crippen LogP contribution >= 0.6 is 0 Å². The molecule has 0 N–H and O–H groups in total. The Morgan fingerprint density at radius 3 is 2.95 bits per heavy atom. The highest BCUT2D eigenvalue weighted by Crippen LogP contribution is 2.33. The van der Waals surface area contributed by atoms with Gasteiger partial charge < -0.3 is 4.74 Å². The first-order valence-corrected chi connectivity index (χ1v) is 7.13. The molecule has 2 nitrogen and oxygen atoms in total. The second-order valence-electron chi connectivity index (χ2n) is 5.13. The van der Waals surface area contributed by atoms with E-state index in [1.54, 1.807) is 7.11 Å². The molecule has 1 aliphatic carbocycles. The van der Waals surface area contributed by atoms with Crippen LogP contribution in [0.4, 0.5) is 0 Å². The summed E-state index contributed by atoms with van der Waals surface area (Å²) in [7, 11) is 1.72. The first-order chi connectivity index (χ1) is 9.86. The Hall–Kier alpha value is -2.09. The summed E-state index contributed by atoms with van der Waals surface area (Å²) in [5, 5.41) is 0. The van der Waals surface area contributed by atoms with E-state index < -0.39 is 0 Å². The van der Waals surface area contributed by atoms with E-state index in [0.29, 0.717) is 0 Å². The number of aromatic nitrogens is 1. The van der Waals surface area contributed by atoms with Gasteiger partial charge in [-0.2, -0.15) is 0 Å². The van der Waals surface area contributed by atoms with Gasteiger partial charge in [0.05, 0.1) is 7.11 Å². The maximum Gasteiger partial charge on any atom is 0.119 e. The van der Waals surface area contributed by atoms with E-state index in [4.69, 9.17) is 4.74 Å². The predicted molar refractivity (Wildman–Crippen MR) is 81.9 cm³/mol. The molecule has 0 radical (unpaired) electrons. The van der Waals surface area contributed by atoms with E-state index in [9.17, 15) is 0 Å². The van der Waals surface area contributed by atoms with Crippen molar-refractivity contribution in [2.75, 3.05) is 7.11 Å². The second kappa shape index (κ2) is 5.91. The first kappa shape index (κ1) is 12.9. The summed E-state index contributed by atoms with van der Waals surface area (Å²) in [4.78, 5) is 4.38. The van der Waals surface area contributed by atoms with Gasteiger partial charge in [-0.1, -0.05) is 18.2 Å². The van der Waals surface area contributed by atoms with Crippen molar-refractivity contribution in [1.82, 2.24) is 4.98 Å². The zero-order valence-electron chi connectivity index (χ0n) is 11.8. The van der Waals surface area contributed by atoms with Gasteiger partial charge in [0, 0.05) is 18.3 Å². The fourth-order valence-corrected chi connectivity index (χ4v) is 2.78. The fraction of sp³-hybridized carbons (Fsp3) is 0.278. The minimum atomic E-state index is 0.904. The lowest BCUT2D eigenvalue weighted by Crippen LogP contribution is -2.03. The lowest BCUT2D eigenvalue weighted by atomic mass is 9.86. The van der Waals surface area contributed by atoms with Crippen LogP contribution in [0.25, 0.3) is 5.57 Å². The average molecular weight is 265 g/mol. The lowest BCUT2D eigenvalue weighted by molar-refractivity contribution is 0.414. The molecule has 0 saturated carbocycles. The van der Waals surface area contributed by atoms with Crippen LogP contribution in [-0.4, -0.2) is 12.1 Å². The van der Waals surface area contributed by atoms with Crippen LogP contribution < -0.4 is 4.74 Å². The second-order valence-corrected chi connectivity index (χ2v) is 5.13. The Kier molecular flexibility index (Phi) is 3.82. The monoisotopic (exact) mass is 265 g/mol. The maximum atomic E-state index is 5.32. The Morgan fingerprint density at radius 2 is 2.15 bits per heavy atom. The van der Waals surface area contributed by atoms with Crippen LogP contribution in [0.3, 0.4) is 0 Å². The van der Waals surface area contributed by atoms with Crippen LogP contribution in [0, 0.1) is 0 Å². The molecular formula is C18H19NO. The molecule has 0 bridgehead atoms. The molecule has 2 heteroatoms. The smallest absolute Gasteiger partial charge is 0.119 e. The van der Waals surface area contributed by atoms with E-state index >= 15 is 0 Å². The minimum absolute atomic E-state index is 0.904. The van der Waals surface area contributed by atoms with Crippen molar-refractivity contribution in [3.8, 4) is 5.75 Å². The molecular weight excluding hydrogens is 246 g/mol. The van der Waals surface area contributed by atoms with Gasteiger partial charge >= 0.3 is 0 Å². The molecule has 1 aromatic carbocycles. The Morgan fingerprint density at radius 1 is 1.20 bits per heavy atom.